The maximum Gasteiger partial charge on any atom is 0.180 e. The third kappa shape index (κ3) is 11.1. The Morgan fingerprint density at radius 3 is 1.08 bits per heavy atom. The largest absolute Gasteiger partial charge is 0.456 e. The average Bonchev–Trinajstić information content (AvgIpc) is 1.58. The first-order chi connectivity index (χ1) is 55.4. The molecule has 22 aromatic rings. The molecule has 14 heteroatoms. The minimum absolute atomic E-state index is 0.554. The van der Waals surface area contributed by atoms with Crippen molar-refractivity contribution in [2.75, 3.05) is 0 Å². The molecule has 8 aromatic heterocycles. The van der Waals surface area contributed by atoms with Gasteiger partial charge in [0.05, 0.1) is 0 Å². The van der Waals surface area contributed by atoms with Crippen LogP contribution in [0.5, 0.6) is 0 Å². The number of hydrogen-bond acceptors (Lipinski definition) is 14. The first kappa shape index (κ1) is 63.7. The van der Waals surface area contributed by atoms with E-state index in [1.165, 1.54) is 0 Å². The van der Waals surface area contributed by atoms with Gasteiger partial charge in [0.15, 0.2) is 57.8 Å². The normalized spacial score (nSPS) is 11.8. The molecule has 14 nitrogen and oxygen atoms in total. The molecule has 22 rings (SSSR count). The molecule has 0 saturated carbocycles. The van der Waals surface area contributed by atoms with Gasteiger partial charge in [-0.15, -0.1) is 0 Å². The molecule has 0 atom stereocenters. The van der Waals surface area contributed by atoms with E-state index in [9.17, 15) is 0 Å². The summed E-state index contributed by atoms with van der Waals surface area (Å²) in [5.74, 6) is 4.65. The minimum Gasteiger partial charge on any atom is -0.456 e. The molecule has 522 valence electrons. The Balaban J connectivity index is 0.586. The lowest BCUT2D eigenvalue weighted by Gasteiger charge is -2.10. The van der Waals surface area contributed by atoms with Crippen LogP contribution in [-0.4, -0.2) is 49.8 Å². The molecule has 0 aliphatic carbocycles. The lowest BCUT2D eigenvalue weighted by atomic mass is 9.97. The van der Waals surface area contributed by atoms with Gasteiger partial charge in [-0.25, -0.2) is 49.8 Å². The van der Waals surface area contributed by atoms with Crippen molar-refractivity contribution in [1.82, 2.24) is 49.8 Å². The molecule has 0 saturated heterocycles. The summed E-state index contributed by atoms with van der Waals surface area (Å²) < 4.78 is 27.0. The molecule has 0 aliphatic rings. The summed E-state index contributed by atoms with van der Waals surface area (Å²) in [5, 5.41) is 5.66. The van der Waals surface area contributed by atoms with Crippen LogP contribution in [0, 0.1) is 0 Å². The van der Waals surface area contributed by atoms with Crippen LogP contribution in [0.2, 0.25) is 0 Å². The van der Waals surface area contributed by atoms with Gasteiger partial charge in [-0.1, -0.05) is 273 Å². The van der Waals surface area contributed by atoms with Gasteiger partial charge in [0.2, 0.25) is 0 Å². The number of hydrogen-bond donors (Lipinski definition) is 0. The highest BCUT2D eigenvalue weighted by atomic mass is 16.3. The number of aromatic nitrogens is 10. The van der Waals surface area contributed by atoms with E-state index in [1.54, 1.807) is 0 Å². The van der Waals surface area contributed by atoms with Gasteiger partial charge >= 0.3 is 0 Å². The molecule has 0 unspecified atom stereocenters. The van der Waals surface area contributed by atoms with Gasteiger partial charge in [-0.3, -0.25) is 0 Å². The Labute approximate surface area is 638 Å². The van der Waals surface area contributed by atoms with Gasteiger partial charge in [-0.05, 0) is 94.5 Å². The zero-order valence-electron chi connectivity index (χ0n) is 59.4. The van der Waals surface area contributed by atoms with Crippen molar-refractivity contribution in [2.24, 2.45) is 0 Å². The van der Waals surface area contributed by atoms with E-state index in [2.05, 4.69) is 133 Å². The van der Waals surface area contributed by atoms with Crippen LogP contribution in [-0.2, 0) is 0 Å². The molecule has 112 heavy (non-hydrogen) atoms. The quantitative estimate of drug-likeness (QED) is 0.106. The second-order valence-corrected chi connectivity index (χ2v) is 27.7. The van der Waals surface area contributed by atoms with E-state index in [-0.39, 0.29) is 0 Å². The maximum absolute atomic E-state index is 6.86. The minimum atomic E-state index is 0.554. The van der Waals surface area contributed by atoms with Crippen molar-refractivity contribution in [3.63, 3.8) is 0 Å². The van der Waals surface area contributed by atoms with Crippen LogP contribution in [0.4, 0.5) is 0 Å². The highest BCUT2D eigenvalue weighted by Gasteiger charge is 2.25. The van der Waals surface area contributed by atoms with Gasteiger partial charge in [0.1, 0.15) is 55.9 Å². The molecule has 0 fully saturated rings. The lowest BCUT2D eigenvalue weighted by Crippen LogP contribution is -2.00. The molecular weight excluding hydrogens is 1380 g/mol. The third-order valence-electron chi connectivity index (χ3n) is 20.9. The standard InChI is InChI=1S/C98H56N10O4/c1-6-21-61(22-7-1)91-99-85(60-45-41-58(42-46-60)72-35-19-36-73-76-55-69(49-52-79(76)110-88(72)73)97-105-92(62-23-8-2-9-24-62)103-93(106-97)63-25-10-3-11-26-63)90-87(102-91)77-54-67(48-51-80(77)112-90)66-31-18-32-68(53-66)96-100-84(89-86(101-96)75-33-16-17-37-78(75)111-89)59-43-39-57(40-44-59)71-34-20-38-81-83(71)74-50-47-70(56-82(74)109-81)98-107-94(64-27-12-4-13-28-64)104-95(108-98)65-29-14-5-15-30-65/h1-56H. The zero-order chi connectivity index (χ0) is 73.7. The Bertz CT molecular complexity index is 7360. The van der Waals surface area contributed by atoms with Crippen molar-refractivity contribution in [1.29, 1.82) is 0 Å². The number of benzene rings is 14. The third-order valence-corrected chi connectivity index (χ3v) is 20.9. The predicted octanol–water partition coefficient (Wildman–Crippen LogP) is 24.9. The van der Waals surface area contributed by atoms with E-state index in [4.69, 9.17) is 67.5 Å². The molecule has 14 aromatic carbocycles. The second-order valence-electron chi connectivity index (χ2n) is 27.7. The highest BCUT2D eigenvalue weighted by Crippen LogP contribution is 2.45. The van der Waals surface area contributed by atoms with Crippen LogP contribution in [0.15, 0.2) is 357 Å². The van der Waals surface area contributed by atoms with Gasteiger partial charge in [-0.2, -0.15) is 0 Å². The first-order valence-corrected chi connectivity index (χ1v) is 36.9. The van der Waals surface area contributed by atoms with Gasteiger partial charge in [0.25, 0.3) is 0 Å². The van der Waals surface area contributed by atoms with Crippen LogP contribution in [0.3, 0.4) is 0 Å². The molecule has 0 bridgehead atoms. The van der Waals surface area contributed by atoms with E-state index in [1.807, 2.05) is 206 Å². The summed E-state index contributed by atoms with van der Waals surface area (Å²) in [7, 11) is 0. The summed E-state index contributed by atoms with van der Waals surface area (Å²) in [6.45, 7) is 0. The molecular formula is C98H56N10O4. The Kier molecular flexibility index (Phi) is 14.9. The number of nitrogens with zero attached hydrogens (tertiary/aromatic N) is 10. The van der Waals surface area contributed by atoms with E-state index >= 15 is 0 Å². The first-order valence-electron chi connectivity index (χ1n) is 36.9. The predicted molar refractivity (Wildman–Crippen MR) is 444 cm³/mol. The Morgan fingerprint density at radius 2 is 0.509 bits per heavy atom. The van der Waals surface area contributed by atoms with Crippen molar-refractivity contribution in [3.8, 4) is 147 Å². The smallest absolute Gasteiger partial charge is 0.180 e. The fourth-order valence-corrected chi connectivity index (χ4v) is 15.3. The molecule has 0 N–H and O–H groups in total. The van der Waals surface area contributed by atoms with Crippen LogP contribution >= 0.6 is 0 Å². The topological polar surface area (TPSA) is 181 Å². The van der Waals surface area contributed by atoms with Gasteiger partial charge < -0.3 is 17.7 Å². The fraction of sp³-hybridized carbons (Fsp3) is 0. The number of rotatable bonds is 13. The summed E-state index contributed by atoms with van der Waals surface area (Å²) in [4.78, 5) is 51.2. The Hall–Kier alpha value is -15.5. The van der Waals surface area contributed by atoms with Crippen LogP contribution in [0.25, 0.3) is 235 Å². The second kappa shape index (κ2) is 26.2. The van der Waals surface area contributed by atoms with Crippen molar-refractivity contribution >= 4 is 88.0 Å². The fourth-order valence-electron chi connectivity index (χ4n) is 15.3. The maximum atomic E-state index is 6.86. The average molecular weight is 1440 g/mol. The molecule has 0 spiro atoms. The van der Waals surface area contributed by atoms with Crippen molar-refractivity contribution in [3.05, 3.63) is 340 Å². The Morgan fingerprint density at radius 1 is 0.161 bits per heavy atom. The van der Waals surface area contributed by atoms with Crippen molar-refractivity contribution < 1.29 is 17.7 Å². The highest BCUT2D eigenvalue weighted by molar-refractivity contribution is 6.15. The summed E-state index contributed by atoms with van der Waals surface area (Å²) in [5.41, 5.74) is 23.0. The van der Waals surface area contributed by atoms with E-state index in [0.717, 1.165) is 155 Å². The van der Waals surface area contributed by atoms with E-state index in [0.29, 0.717) is 80.2 Å². The molecule has 0 radical (unpaired) electrons. The van der Waals surface area contributed by atoms with Crippen molar-refractivity contribution in [2.45, 2.75) is 0 Å². The SMILES string of the molecule is c1ccc(-c2nc(-c3ccccc3)nc(-c3ccc4c(c3)oc3cccc(-c5ccc(-c6nc(-c7cccc(-c8ccc9oc%10c(-c%11ccc(-c%12cccc%13c%12oc%12ccc(-c%14nc(-c%15ccccc%15)nc(-c%15ccccc%15)n%14)cc%12%13)cc%11)nc(-c%11ccccc%11)nc%10c9c8)c7)nc7c6oc6ccccc67)cc5)c34)n2)cc1. The summed E-state index contributed by atoms with van der Waals surface area (Å²) >= 11 is 0. The molecule has 0 amide bonds. The molecule has 0 aliphatic heterocycles. The lowest BCUT2D eigenvalue weighted by molar-refractivity contribution is 0.667. The summed E-state index contributed by atoms with van der Waals surface area (Å²) in [6, 6.07) is 114. The van der Waals surface area contributed by atoms with Gasteiger partial charge in [0, 0.05) is 93.5 Å². The number of fused-ring (bicyclic) bond motifs is 12. The summed E-state index contributed by atoms with van der Waals surface area (Å²) in [6.07, 6.45) is 0. The number of para-hydroxylation sites is 2. The van der Waals surface area contributed by atoms with E-state index < -0.39 is 0 Å². The zero-order valence-corrected chi connectivity index (χ0v) is 59.4. The van der Waals surface area contributed by atoms with Crippen LogP contribution < -0.4 is 0 Å². The number of furan rings is 4. The van der Waals surface area contributed by atoms with Crippen LogP contribution in [0.1, 0.15) is 0 Å². The monoisotopic (exact) mass is 1440 g/mol. The molecule has 8 heterocycles.